The van der Waals surface area contributed by atoms with Gasteiger partial charge in [-0.15, -0.1) is 5.10 Å². The van der Waals surface area contributed by atoms with Crippen LogP contribution in [0.1, 0.15) is 38.2 Å². The predicted molar refractivity (Wildman–Crippen MR) is 134 cm³/mol. The van der Waals surface area contributed by atoms with Crippen LogP contribution in [0, 0.1) is 27.7 Å². The molecule has 0 unspecified atom stereocenters. The van der Waals surface area contributed by atoms with Crippen LogP contribution in [-0.4, -0.2) is 15.7 Å². The second-order valence-corrected chi connectivity index (χ2v) is 8.47. The molecule has 3 aromatic carbocycles. The minimum Gasteiger partial charge on any atom is -0.472 e. The zero-order chi connectivity index (χ0) is 24.2. The largest absolute Gasteiger partial charge is 0.472 e. The number of aromatic nitrogens is 2. The van der Waals surface area contributed by atoms with Crippen molar-refractivity contribution in [3.05, 3.63) is 117 Å². The highest BCUT2D eigenvalue weighted by Crippen LogP contribution is 2.23. The molecule has 0 aliphatic carbocycles. The molecule has 0 aliphatic heterocycles. The molecule has 0 aliphatic rings. The normalized spacial score (nSPS) is 10.7. The van der Waals surface area contributed by atoms with E-state index in [0.717, 1.165) is 33.5 Å². The number of rotatable bonds is 6. The minimum atomic E-state index is -0.286. The number of hydrogen-bond donors (Lipinski definition) is 1. The molecular formula is C28H27N3O3. The number of amides is 1. The van der Waals surface area contributed by atoms with Gasteiger partial charge in [-0.1, -0.05) is 47.5 Å². The van der Waals surface area contributed by atoms with Gasteiger partial charge in [-0.3, -0.25) is 9.59 Å². The van der Waals surface area contributed by atoms with E-state index in [1.165, 1.54) is 10.7 Å². The van der Waals surface area contributed by atoms with Crippen molar-refractivity contribution in [1.82, 2.24) is 9.78 Å². The van der Waals surface area contributed by atoms with E-state index in [-0.39, 0.29) is 11.5 Å². The van der Waals surface area contributed by atoms with Crippen LogP contribution in [0.15, 0.2) is 77.6 Å². The summed E-state index contributed by atoms with van der Waals surface area (Å²) < 4.78 is 7.05. The summed E-state index contributed by atoms with van der Waals surface area (Å²) in [7, 11) is 0. The van der Waals surface area contributed by atoms with Gasteiger partial charge in [-0.25, -0.2) is 0 Å². The number of ether oxygens (including phenoxy) is 1. The smallest absolute Gasteiger partial charge is 0.271 e. The Morgan fingerprint density at radius 3 is 2.26 bits per heavy atom. The van der Waals surface area contributed by atoms with Crippen molar-refractivity contribution >= 4 is 11.6 Å². The molecule has 0 saturated heterocycles. The zero-order valence-corrected chi connectivity index (χ0v) is 19.8. The van der Waals surface area contributed by atoms with E-state index in [9.17, 15) is 9.59 Å². The van der Waals surface area contributed by atoms with Gasteiger partial charge in [0.05, 0.1) is 5.69 Å². The van der Waals surface area contributed by atoms with Gasteiger partial charge < -0.3 is 10.1 Å². The van der Waals surface area contributed by atoms with Gasteiger partial charge >= 0.3 is 0 Å². The maximum absolute atomic E-state index is 12.8. The van der Waals surface area contributed by atoms with Crippen molar-refractivity contribution < 1.29 is 9.53 Å². The van der Waals surface area contributed by atoms with Crippen LogP contribution in [0.5, 0.6) is 5.88 Å². The highest BCUT2D eigenvalue weighted by Gasteiger charge is 2.12. The molecule has 0 fully saturated rings. The second kappa shape index (κ2) is 9.75. The Morgan fingerprint density at radius 1 is 0.882 bits per heavy atom. The molecule has 1 amide bonds. The fourth-order valence-electron chi connectivity index (χ4n) is 3.93. The Labute approximate surface area is 198 Å². The topological polar surface area (TPSA) is 73.2 Å². The Morgan fingerprint density at radius 2 is 1.59 bits per heavy atom. The number of nitrogens with zero attached hydrogens (tertiary/aromatic N) is 2. The highest BCUT2D eigenvalue weighted by atomic mass is 16.5. The van der Waals surface area contributed by atoms with Crippen LogP contribution in [0.2, 0.25) is 0 Å². The summed E-state index contributed by atoms with van der Waals surface area (Å²) in [6.45, 7) is 8.36. The summed E-state index contributed by atoms with van der Waals surface area (Å²) in [6.07, 6.45) is 0. The van der Waals surface area contributed by atoms with Crippen molar-refractivity contribution in [3.8, 4) is 11.6 Å². The Balaban J connectivity index is 1.50. The Hall–Kier alpha value is -4.19. The molecule has 1 aromatic heterocycles. The van der Waals surface area contributed by atoms with Crippen molar-refractivity contribution in [2.75, 3.05) is 5.32 Å². The van der Waals surface area contributed by atoms with Crippen LogP contribution < -0.4 is 15.6 Å². The molecule has 4 aromatic rings. The van der Waals surface area contributed by atoms with Crippen molar-refractivity contribution in [3.63, 3.8) is 0 Å². The van der Waals surface area contributed by atoms with Gasteiger partial charge in [0.1, 0.15) is 6.61 Å². The summed E-state index contributed by atoms with van der Waals surface area (Å²) in [6, 6.07) is 21.8. The fourth-order valence-corrected chi connectivity index (χ4v) is 3.93. The number of aryl methyl sites for hydroxylation is 4. The first-order valence-electron chi connectivity index (χ1n) is 11.1. The summed E-state index contributed by atoms with van der Waals surface area (Å²) in [5.41, 5.74) is 6.92. The Bertz CT molecular complexity index is 1380. The standard InChI is InChI=1S/C28H27N3O3/c1-18-6-5-7-22(16-18)17-34-25-12-13-26(32)31(30-25)24-10-8-23(9-11-24)28(33)29-27-20(3)14-19(2)15-21(27)4/h5-16H,17H2,1-4H3,(H,29,33). The molecular weight excluding hydrogens is 426 g/mol. The molecule has 0 spiro atoms. The van der Waals surface area contributed by atoms with Gasteiger partial charge in [0.15, 0.2) is 0 Å². The number of carbonyl (C=O) groups excluding carboxylic acids is 1. The van der Waals surface area contributed by atoms with Crippen molar-refractivity contribution in [2.45, 2.75) is 34.3 Å². The van der Waals surface area contributed by atoms with E-state index >= 15 is 0 Å². The Kier molecular flexibility index (Phi) is 6.59. The van der Waals surface area contributed by atoms with Crippen LogP contribution >= 0.6 is 0 Å². The van der Waals surface area contributed by atoms with E-state index in [4.69, 9.17) is 4.74 Å². The zero-order valence-electron chi connectivity index (χ0n) is 19.8. The number of hydrogen-bond acceptors (Lipinski definition) is 4. The lowest BCUT2D eigenvalue weighted by atomic mass is 10.0. The van der Waals surface area contributed by atoms with Crippen LogP contribution in [0.4, 0.5) is 5.69 Å². The van der Waals surface area contributed by atoms with E-state index in [1.807, 2.05) is 64.1 Å². The molecule has 0 atom stereocenters. The predicted octanol–water partition coefficient (Wildman–Crippen LogP) is 5.30. The maximum Gasteiger partial charge on any atom is 0.271 e. The third-order valence-electron chi connectivity index (χ3n) is 5.53. The van der Waals surface area contributed by atoms with Crippen molar-refractivity contribution in [1.29, 1.82) is 0 Å². The van der Waals surface area contributed by atoms with E-state index < -0.39 is 0 Å². The number of benzene rings is 3. The number of nitrogens with one attached hydrogen (secondary N) is 1. The molecule has 6 heteroatoms. The van der Waals surface area contributed by atoms with Gasteiger partial charge in [-0.2, -0.15) is 4.68 Å². The lowest BCUT2D eigenvalue weighted by Gasteiger charge is -2.13. The maximum atomic E-state index is 12.8. The third kappa shape index (κ3) is 5.23. The SMILES string of the molecule is Cc1cccc(COc2ccc(=O)n(-c3ccc(C(=O)Nc4c(C)cc(C)cc4C)cc3)n2)c1. The van der Waals surface area contributed by atoms with Gasteiger partial charge in [-0.05, 0) is 68.7 Å². The first-order chi connectivity index (χ1) is 16.3. The average Bonchev–Trinajstić information content (AvgIpc) is 2.81. The summed E-state index contributed by atoms with van der Waals surface area (Å²) in [5, 5.41) is 7.33. The number of carbonyl (C=O) groups is 1. The molecule has 0 radical (unpaired) electrons. The quantitative estimate of drug-likeness (QED) is 0.430. The van der Waals surface area contributed by atoms with Crippen molar-refractivity contribution in [2.24, 2.45) is 0 Å². The summed E-state index contributed by atoms with van der Waals surface area (Å²) >= 11 is 0. The van der Waals surface area contributed by atoms with E-state index in [0.29, 0.717) is 23.7 Å². The first-order valence-corrected chi connectivity index (χ1v) is 11.1. The molecule has 34 heavy (non-hydrogen) atoms. The lowest BCUT2D eigenvalue weighted by Crippen LogP contribution is -2.21. The summed E-state index contributed by atoms with van der Waals surface area (Å²) in [4.78, 5) is 25.2. The van der Waals surface area contributed by atoms with Crippen LogP contribution in [-0.2, 0) is 6.61 Å². The van der Waals surface area contributed by atoms with Crippen LogP contribution in [0.25, 0.3) is 5.69 Å². The van der Waals surface area contributed by atoms with Gasteiger partial charge in [0, 0.05) is 23.4 Å². The first kappa shape index (κ1) is 23.0. The van der Waals surface area contributed by atoms with Crippen LogP contribution in [0.3, 0.4) is 0 Å². The molecule has 1 heterocycles. The minimum absolute atomic E-state index is 0.211. The third-order valence-corrected chi connectivity index (χ3v) is 5.53. The monoisotopic (exact) mass is 453 g/mol. The van der Waals surface area contributed by atoms with E-state index in [1.54, 1.807) is 30.3 Å². The summed E-state index contributed by atoms with van der Waals surface area (Å²) in [5.74, 6) is 0.130. The highest BCUT2D eigenvalue weighted by molar-refractivity contribution is 6.05. The average molecular weight is 454 g/mol. The molecule has 172 valence electrons. The molecule has 4 rings (SSSR count). The molecule has 6 nitrogen and oxygen atoms in total. The molecule has 0 bridgehead atoms. The van der Waals surface area contributed by atoms with E-state index in [2.05, 4.69) is 10.4 Å². The number of anilines is 1. The molecule has 1 N–H and O–H groups in total. The second-order valence-electron chi connectivity index (χ2n) is 8.47. The molecule has 0 saturated carbocycles. The lowest BCUT2D eigenvalue weighted by molar-refractivity contribution is 0.102. The van der Waals surface area contributed by atoms with Gasteiger partial charge in [0.2, 0.25) is 5.88 Å². The fraction of sp³-hybridized carbons (Fsp3) is 0.179. The van der Waals surface area contributed by atoms with Gasteiger partial charge in [0.25, 0.3) is 11.5 Å².